The predicted octanol–water partition coefficient (Wildman–Crippen LogP) is 2.79. The summed E-state index contributed by atoms with van der Waals surface area (Å²) in [4.78, 5) is 10.1. The molecule has 0 spiro atoms. The first-order chi connectivity index (χ1) is 8.04. The maximum atomic E-state index is 10.6. The van der Waals surface area contributed by atoms with Crippen molar-refractivity contribution in [1.82, 2.24) is 0 Å². The van der Waals surface area contributed by atoms with Gasteiger partial charge in [-0.05, 0) is 34.3 Å². The topological polar surface area (TPSA) is 75.4 Å². The molecule has 2 N–H and O–H groups in total. The summed E-state index contributed by atoms with van der Waals surface area (Å²) in [6.07, 6.45) is 0.734. The summed E-state index contributed by atoms with van der Waals surface area (Å²) in [7, 11) is 0. The Morgan fingerprint density at radius 2 is 2.29 bits per heavy atom. The van der Waals surface area contributed by atoms with Crippen molar-refractivity contribution >= 4 is 27.3 Å². The number of aliphatic hydroxyl groups is 1. The minimum Gasteiger partial charge on any atom is -0.396 e. The van der Waals surface area contributed by atoms with E-state index < -0.39 is 4.92 Å². The van der Waals surface area contributed by atoms with Gasteiger partial charge in [0.2, 0.25) is 0 Å². The maximum Gasteiger partial charge on any atom is 0.270 e. The SMILES string of the molecule is CC(CCO)CNc1ccc([N+](=O)[O-])cc1Br. The Labute approximate surface area is 108 Å². The predicted molar refractivity (Wildman–Crippen MR) is 70.2 cm³/mol. The molecule has 0 aliphatic carbocycles. The van der Waals surface area contributed by atoms with E-state index in [2.05, 4.69) is 21.2 Å². The average Bonchev–Trinajstić information content (AvgIpc) is 2.27. The first-order valence-electron chi connectivity index (χ1n) is 5.33. The van der Waals surface area contributed by atoms with Crippen molar-refractivity contribution in [1.29, 1.82) is 0 Å². The van der Waals surface area contributed by atoms with Gasteiger partial charge in [0.25, 0.3) is 5.69 Å². The van der Waals surface area contributed by atoms with Crippen LogP contribution in [0.25, 0.3) is 0 Å². The number of hydrogen-bond acceptors (Lipinski definition) is 4. The highest BCUT2D eigenvalue weighted by molar-refractivity contribution is 9.10. The van der Waals surface area contributed by atoms with Gasteiger partial charge in [0.1, 0.15) is 0 Å². The van der Waals surface area contributed by atoms with Gasteiger partial charge in [0.15, 0.2) is 0 Å². The summed E-state index contributed by atoms with van der Waals surface area (Å²) in [6.45, 7) is 2.92. The van der Waals surface area contributed by atoms with Crippen LogP contribution in [0.4, 0.5) is 11.4 Å². The largest absolute Gasteiger partial charge is 0.396 e. The van der Waals surface area contributed by atoms with Crippen molar-refractivity contribution in [2.75, 3.05) is 18.5 Å². The molecule has 0 heterocycles. The third kappa shape index (κ3) is 4.32. The van der Waals surface area contributed by atoms with Gasteiger partial charge in [-0.3, -0.25) is 10.1 Å². The van der Waals surface area contributed by atoms with Gasteiger partial charge in [0.05, 0.1) is 4.92 Å². The van der Waals surface area contributed by atoms with Crippen LogP contribution in [0.1, 0.15) is 13.3 Å². The number of benzene rings is 1. The average molecular weight is 303 g/mol. The Morgan fingerprint density at radius 3 is 2.82 bits per heavy atom. The first kappa shape index (κ1) is 13.9. The highest BCUT2D eigenvalue weighted by Crippen LogP contribution is 2.27. The van der Waals surface area contributed by atoms with Crippen LogP contribution in [0.3, 0.4) is 0 Å². The summed E-state index contributed by atoms with van der Waals surface area (Å²) in [5, 5.41) is 22.5. The Hall–Kier alpha value is -1.14. The van der Waals surface area contributed by atoms with E-state index in [4.69, 9.17) is 5.11 Å². The molecular weight excluding hydrogens is 288 g/mol. The monoisotopic (exact) mass is 302 g/mol. The van der Waals surface area contributed by atoms with E-state index in [-0.39, 0.29) is 12.3 Å². The molecule has 1 aromatic rings. The Bertz CT molecular complexity index is 398. The third-order valence-electron chi connectivity index (χ3n) is 2.43. The number of anilines is 1. The van der Waals surface area contributed by atoms with Crippen LogP contribution in [-0.4, -0.2) is 23.2 Å². The number of hydrogen-bond donors (Lipinski definition) is 2. The number of nitro groups is 1. The molecule has 0 fully saturated rings. The summed E-state index contributed by atoms with van der Waals surface area (Å²) in [6, 6.07) is 4.61. The fourth-order valence-electron chi connectivity index (χ4n) is 1.37. The van der Waals surface area contributed by atoms with Gasteiger partial charge >= 0.3 is 0 Å². The normalized spacial score (nSPS) is 12.2. The second-order valence-electron chi connectivity index (χ2n) is 3.92. The van der Waals surface area contributed by atoms with Crippen LogP contribution in [0.15, 0.2) is 22.7 Å². The van der Waals surface area contributed by atoms with E-state index >= 15 is 0 Å². The Balaban J connectivity index is 2.63. The lowest BCUT2D eigenvalue weighted by Crippen LogP contribution is -2.12. The molecule has 5 nitrogen and oxygen atoms in total. The molecule has 1 aromatic carbocycles. The molecule has 0 bridgehead atoms. The summed E-state index contributed by atoms with van der Waals surface area (Å²) < 4.78 is 0.669. The summed E-state index contributed by atoms with van der Waals surface area (Å²) in [5.74, 6) is 0.349. The zero-order chi connectivity index (χ0) is 12.8. The van der Waals surface area contributed by atoms with Crippen LogP contribution in [-0.2, 0) is 0 Å². The minimum absolute atomic E-state index is 0.0610. The van der Waals surface area contributed by atoms with Gasteiger partial charge in [0, 0.05) is 35.4 Å². The molecule has 0 amide bonds. The number of nitro benzene ring substituents is 1. The Morgan fingerprint density at radius 1 is 1.59 bits per heavy atom. The number of rotatable bonds is 6. The van der Waals surface area contributed by atoms with Gasteiger partial charge in [-0.1, -0.05) is 6.92 Å². The molecule has 94 valence electrons. The molecule has 0 saturated carbocycles. The van der Waals surface area contributed by atoms with E-state index in [9.17, 15) is 10.1 Å². The molecular formula is C11H15BrN2O3. The standard InChI is InChI=1S/C11H15BrN2O3/c1-8(4-5-15)7-13-11-3-2-9(14(16)17)6-10(11)12/h2-3,6,8,13,15H,4-5,7H2,1H3. The van der Waals surface area contributed by atoms with E-state index in [1.807, 2.05) is 6.92 Å². The number of nitrogens with zero attached hydrogens (tertiary/aromatic N) is 1. The minimum atomic E-state index is -0.428. The highest BCUT2D eigenvalue weighted by Gasteiger charge is 2.09. The third-order valence-corrected chi connectivity index (χ3v) is 3.08. The van der Waals surface area contributed by atoms with E-state index in [0.717, 1.165) is 18.7 Å². The zero-order valence-electron chi connectivity index (χ0n) is 9.52. The van der Waals surface area contributed by atoms with Crippen molar-refractivity contribution < 1.29 is 10.0 Å². The molecule has 0 aliphatic heterocycles. The van der Waals surface area contributed by atoms with E-state index in [1.54, 1.807) is 6.07 Å². The fraction of sp³-hybridized carbons (Fsp3) is 0.455. The summed E-state index contributed by atoms with van der Waals surface area (Å²) in [5.41, 5.74) is 0.881. The van der Waals surface area contributed by atoms with Crippen molar-refractivity contribution in [2.45, 2.75) is 13.3 Å². The van der Waals surface area contributed by atoms with Crippen molar-refractivity contribution in [3.05, 3.63) is 32.8 Å². The molecule has 17 heavy (non-hydrogen) atoms. The molecule has 0 radical (unpaired) electrons. The zero-order valence-corrected chi connectivity index (χ0v) is 11.1. The Kier molecular flexibility index (Phi) is 5.37. The number of aliphatic hydroxyl groups excluding tert-OH is 1. The first-order valence-corrected chi connectivity index (χ1v) is 6.12. The van der Waals surface area contributed by atoms with Crippen molar-refractivity contribution in [3.8, 4) is 0 Å². The summed E-state index contributed by atoms with van der Waals surface area (Å²) >= 11 is 3.29. The molecule has 0 aromatic heterocycles. The van der Waals surface area contributed by atoms with Crippen LogP contribution in [0.2, 0.25) is 0 Å². The quantitative estimate of drug-likeness (QED) is 0.626. The van der Waals surface area contributed by atoms with Gasteiger partial charge in [-0.15, -0.1) is 0 Å². The van der Waals surface area contributed by atoms with Crippen LogP contribution < -0.4 is 5.32 Å². The second-order valence-corrected chi connectivity index (χ2v) is 4.77. The van der Waals surface area contributed by atoms with Crippen LogP contribution in [0.5, 0.6) is 0 Å². The number of halogens is 1. The second kappa shape index (κ2) is 6.56. The van der Waals surface area contributed by atoms with Crippen LogP contribution in [0, 0.1) is 16.0 Å². The molecule has 1 atom stereocenters. The lowest BCUT2D eigenvalue weighted by atomic mass is 10.1. The van der Waals surface area contributed by atoms with Crippen molar-refractivity contribution in [3.63, 3.8) is 0 Å². The molecule has 0 saturated heterocycles. The molecule has 6 heteroatoms. The van der Waals surface area contributed by atoms with Crippen molar-refractivity contribution in [2.24, 2.45) is 5.92 Å². The number of nitrogens with one attached hydrogen (secondary N) is 1. The van der Waals surface area contributed by atoms with Gasteiger partial charge in [-0.25, -0.2) is 0 Å². The fourth-order valence-corrected chi connectivity index (χ4v) is 1.87. The number of non-ortho nitro benzene ring substituents is 1. The smallest absolute Gasteiger partial charge is 0.270 e. The molecule has 0 aliphatic rings. The van der Waals surface area contributed by atoms with E-state index in [1.165, 1.54) is 12.1 Å². The van der Waals surface area contributed by atoms with E-state index in [0.29, 0.717) is 10.4 Å². The molecule has 1 rings (SSSR count). The lowest BCUT2D eigenvalue weighted by molar-refractivity contribution is -0.384. The van der Waals surface area contributed by atoms with Gasteiger partial charge < -0.3 is 10.4 Å². The van der Waals surface area contributed by atoms with Crippen LogP contribution >= 0.6 is 15.9 Å². The maximum absolute atomic E-state index is 10.6. The van der Waals surface area contributed by atoms with Gasteiger partial charge in [-0.2, -0.15) is 0 Å². The lowest BCUT2D eigenvalue weighted by Gasteiger charge is -2.13. The highest BCUT2D eigenvalue weighted by atomic mass is 79.9. The molecule has 1 unspecified atom stereocenters.